The van der Waals surface area contributed by atoms with Gasteiger partial charge in [-0.3, -0.25) is 14.5 Å². The molecule has 2 saturated carbocycles. The van der Waals surface area contributed by atoms with Gasteiger partial charge in [0.2, 0.25) is 5.91 Å². The first-order valence-corrected chi connectivity index (χ1v) is 11.8. The van der Waals surface area contributed by atoms with Crippen molar-refractivity contribution in [2.45, 2.75) is 75.4 Å². The Morgan fingerprint density at radius 2 is 1.74 bits per heavy atom. The van der Waals surface area contributed by atoms with Gasteiger partial charge in [-0.25, -0.2) is 13.2 Å². The van der Waals surface area contributed by atoms with Crippen LogP contribution in [0.3, 0.4) is 0 Å². The molecule has 4 aliphatic rings. The van der Waals surface area contributed by atoms with Crippen molar-refractivity contribution < 1.29 is 22.8 Å². The standard InChI is InChI=1S/C18H27N3O5S/c22-15(21(13-5-6-13)14-7-10-27(25,26)12-14)11-20-16(23)18(19-17(20)24)8-3-1-2-4-9-18/h13-14H,1-12H2,(H,19,24)/t14-/m1/s1. The van der Waals surface area contributed by atoms with Crippen molar-refractivity contribution in [1.29, 1.82) is 0 Å². The monoisotopic (exact) mass is 397 g/mol. The maximum absolute atomic E-state index is 13.0. The van der Waals surface area contributed by atoms with Crippen molar-refractivity contribution in [2.24, 2.45) is 0 Å². The highest BCUT2D eigenvalue weighted by Gasteiger charge is 2.52. The molecule has 0 aromatic carbocycles. The van der Waals surface area contributed by atoms with Gasteiger partial charge in [0.25, 0.3) is 5.91 Å². The average molecular weight is 397 g/mol. The largest absolute Gasteiger partial charge is 0.334 e. The fourth-order valence-electron chi connectivity index (χ4n) is 4.76. The number of carbonyl (C=O) groups excluding carboxylic acids is 3. The van der Waals surface area contributed by atoms with Crippen LogP contribution in [0.1, 0.15) is 57.8 Å². The molecule has 2 heterocycles. The van der Waals surface area contributed by atoms with E-state index in [1.54, 1.807) is 4.90 Å². The zero-order chi connectivity index (χ0) is 19.2. The number of urea groups is 1. The van der Waals surface area contributed by atoms with E-state index in [0.717, 1.165) is 43.4 Å². The van der Waals surface area contributed by atoms with Crippen molar-refractivity contribution in [3.8, 4) is 0 Å². The molecular formula is C18H27N3O5S. The Morgan fingerprint density at radius 1 is 1.07 bits per heavy atom. The summed E-state index contributed by atoms with van der Waals surface area (Å²) >= 11 is 0. The molecular weight excluding hydrogens is 370 g/mol. The first-order valence-electron chi connectivity index (χ1n) is 9.97. The van der Waals surface area contributed by atoms with Gasteiger partial charge in [0.1, 0.15) is 12.1 Å². The molecule has 0 bridgehead atoms. The number of hydrogen-bond acceptors (Lipinski definition) is 5. The molecule has 1 N–H and O–H groups in total. The Morgan fingerprint density at radius 3 is 2.30 bits per heavy atom. The Balaban J connectivity index is 1.48. The summed E-state index contributed by atoms with van der Waals surface area (Å²) in [4.78, 5) is 41.1. The summed E-state index contributed by atoms with van der Waals surface area (Å²) < 4.78 is 23.7. The molecule has 150 valence electrons. The predicted molar refractivity (Wildman–Crippen MR) is 97.6 cm³/mol. The molecule has 2 aliphatic heterocycles. The minimum absolute atomic E-state index is 0.0146. The summed E-state index contributed by atoms with van der Waals surface area (Å²) in [5, 5.41) is 2.85. The van der Waals surface area contributed by atoms with E-state index in [4.69, 9.17) is 0 Å². The van der Waals surface area contributed by atoms with E-state index in [1.807, 2.05) is 0 Å². The van der Waals surface area contributed by atoms with Gasteiger partial charge >= 0.3 is 6.03 Å². The van der Waals surface area contributed by atoms with Crippen LogP contribution in [0.2, 0.25) is 0 Å². The normalized spacial score (nSPS) is 29.6. The van der Waals surface area contributed by atoms with E-state index in [0.29, 0.717) is 19.3 Å². The third kappa shape index (κ3) is 3.58. The van der Waals surface area contributed by atoms with Gasteiger partial charge in [0, 0.05) is 12.1 Å². The smallest absolute Gasteiger partial charge is 0.325 e. The number of sulfone groups is 1. The lowest BCUT2D eigenvalue weighted by molar-refractivity contribution is -0.140. The molecule has 2 saturated heterocycles. The molecule has 8 nitrogen and oxygen atoms in total. The lowest BCUT2D eigenvalue weighted by Gasteiger charge is -2.30. The molecule has 27 heavy (non-hydrogen) atoms. The summed E-state index contributed by atoms with van der Waals surface area (Å²) in [6, 6.07) is -0.781. The zero-order valence-electron chi connectivity index (χ0n) is 15.5. The fourth-order valence-corrected chi connectivity index (χ4v) is 6.47. The van der Waals surface area contributed by atoms with Crippen LogP contribution in [0.5, 0.6) is 0 Å². The summed E-state index contributed by atoms with van der Waals surface area (Å²) in [6.45, 7) is -0.292. The minimum atomic E-state index is -3.11. The lowest BCUT2D eigenvalue weighted by Crippen LogP contribution is -2.50. The van der Waals surface area contributed by atoms with Gasteiger partial charge in [0.05, 0.1) is 11.5 Å². The Bertz CT molecular complexity index is 753. The van der Waals surface area contributed by atoms with Crippen molar-refractivity contribution >= 4 is 27.7 Å². The zero-order valence-corrected chi connectivity index (χ0v) is 16.3. The number of hydrogen-bond donors (Lipinski definition) is 1. The summed E-state index contributed by atoms with van der Waals surface area (Å²) in [5.74, 6) is -0.522. The molecule has 0 aromatic heterocycles. The van der Waals surface area contributed by atoms with Crippen LogP contribution in [0.4, 0.5) is 4.79 Å². The van der Waals surface area contributed by atoms with Crippen molar-refractivity contribution in [1.82, 2.24) is 15.1 Å². The second kappa shape index (κ2) is 6.76. The average Bonchev–Trinajstić information content (AvgIpc) is 3.36. The molecule has 4 fully saturated rings. The van der Waals surface area contributed by atoms with Crippen molar-refractivity contribution in [3.63, 3.8) is 0 Å². The molecule has 4 rings (SSSR count). The van der Waals surface area contributed by atoms with Crippen LogP contribution in [-0.4, -0.2) is 71.7 Å². The van der Waals surface area contributed by atoms with Gasteiger partial charge in [-0.05, 0) is 32.1 Å². The van der Waals surface area contributed by atoms with Gasteiger partial charge in [-0.2, -0.15) is 0 Å². The lowest BCUT2D eigenvalue weighted by atomic mass is 9.90. The van der Waals surface area contributed by atoms with E-state index in [9.17, 15) is 22.8 Å². The molecule has 0 unspecified atom stereocenters. The SMILES string of the molecule is O=C1NC2(CCCCCC2)C(=O)N1CC(=O)N(C1CC1)[C@@H]1CCS(=O)(=O)C1. The van der Waals surface area contributed by atoms with E-state index >= 15 is 0 Å². The number of carbonyl (C=O) groups is 3. The van der Waals surface area contributed by atoms with Crippen LogP contribution >= 0.6 is 0 Å². The van der Waals surface area contributed by atoms with Crippen LogP contribution in [0.15, 0.2) is 0 Å². The second-order valence-corrected chi connectivity index (χ2v) is 10.6. The molecule has 1 spiro atoms. The maximum atomic E-state index is 13.0. The van der Waals surface area contributed by atoms with Crippen LogP contribution in [-0.2, 0) is 19.4 Å². The highest BCUT2D eigenvalue weighted by molar-refractivity contribution is 7.91. The Labute approximate surface area is 159 Å². The molecule has 0 radical (unpaired) electrons. The number of nitrogens with one attached hydrogen (secondary N) is 1. The quantitative estimate of drug-likeness (QED) is 0.707. The van der Waals surface area contributed by atoms with Crippen molar-refractivity contribution in [2.75, 3.05) is 18.1 Å². The maximum Gasteiger partial charge on any atom is 0.325 e. The summed E-state index contributed by atoms with van der Waals surface area (Å²) in [7, 11) is -3.11. The second-order valence-electron chi connectivity index (χ2n) is 8.41. The number of rotatable bonds is 4. The minimum Gasteiger partial charge on any atom is -0.334 e. The molecule has 9 heteroatoms. The van der Waals surface area contributed by atoms with Gasteiger partial charge in [-0.1, -0.05) is 25.7 Å². The van der Waals surface area contributed by atoms with E-state index in [2.05, 4.69) is 5.32 Å². The third-order valence-electron chi connectivity index (χ3n) is 6.33. The van der Waals surface area contributed by atoms with Crippen molar-refractivity contribution in [3.05, 3.63) is 0 Å². The van der Waals surface area contributed by atoms with E-state index < -0.39 is 21.4 Å². The number of imide groups is 1. The topological polar surface area (TPSA) is 104 Å². The van der Waals surface area contributed by atoms with Gasteiger partial charge in [0.15, 0.2) is 9.84 Å². The Hall–Kier alpha value is -1.64. The van der Waals surface area contributed by atoms with Crippen LogP contribution in [0, 0.1) is 0 Å². The highest BCUT2D eigenvalue weighted by atomic mass is 32.2. The molecule has 0 aromatic rings. The summed E-state index contributed by atoms with van der Waals surface area (Å²) in [5.41, 5.74) is -0.852. The Kier molecular flexibility index (Phi) is 4.68. The molecule has 2 aliphatic carbocycles. The van der Waals surface area contributed by atoms with Crippen LogP contribution in [0.25, 0.3) is 0 Å². The first kappa shape index (κ1) is 18.7. The van der Waals surface area contributed by atoms with Gasteiger partial charge in [-0.15, -0.1) is 0 Å². The predicted octanol–water partition coefficient (Wildman–Crippen LogP) is 0.809. The number of amides is 4. The third-order valence-corrected chi connectivity index (χ3v) is 8.08. The highest BCUT2D eigenvalue weighted by Crippen LogP contribution is 2.35. The van der Waals surface area contributed by atoms with Crippen LogP contribution < -0.4 is 5.32 Å². The first-order chi connectivity index (χ1) is 12.8. The molecule has 4 amide bonds. The van der Waals surface area contributed by atoms with E-state index in [1.165, 1.54) is 0 Å². The number of nitrogens with zero attached hydrogens (tertiary/aromatic N) is 2. The summed E-state index contributed by atoms with van der Waals surface area (Å²) in [6.07, 6.45) is 7.27. The van der Waals surface area contributed by atoms with Gasteiger partial charge < -0.3 is 10.2 Å². The van der Waals surface area contributed by atoms with E-state index in [-0.39, 0.29) is 41.9 Å². The molecule has 1 atom stereocenters. The fraction of sp³-hybridized carbons (Fsp3) is 0.833.